The molecule has 3 atom stereocenters. The predicted octanol–water partition coefficient (Wildman–Crippen LogP) is -1.17. The largest absolute Gasteiger partial charge is 0.444 e. The average molecular weight is 295 g/mol. The number of nitrogens with one attached hydrogen (secondary N) is 1. The van der Waals surface area contributed by atoms with Gasteiger partial charge in [0, 0.05) is 12.6 Å². The minimum Gasteiger partial charge on any atom is -0.444 e. The molecule has 0 aromatic carbocycles. The van der Waals surface area contributed by atoms with Gasteiger partial charge in [0.1, 0.15) is 24.2 Å². The predicted molar refractivity (Wildman–Crippen MR) is 68.4 cm³/mol. The average Bonchev–Trinajstić information content (AvgIpc) is 3.08. The van der Waals surface area contributed by atoms with Crippen LogP contribution in [0.5, 0.6) is 0 Å². The summed E-state index contributed by atoms with van der Waals surface area (Å²) < 4.78 is 11.6. The van der Waals surface area contributed by atoms with Crippen molar-refractivity contribution < 1.29 is 19.4 Å². The summed E-state index contributed by atoms with van der Waals surface area (Å²) in [5, 5.41) is 18.8. The van der Waals surface area contributed by atoms with Crippen LogP contribution in [0.15, 0.2) is 32.7 Å². The molecule has 9 heteroatoms. The normalized spacial score (nSPS) is 25.3. The standard InChI is InChI=1S/C12H13N3O6/c16-5-8-7(17)3-9(21-8)15-4-6(10(18)14-12(15)19)11-13-1-2-20-11/h1-2,4,7-9,16-17H,3,5H2,(H,14,18,19)/t7-,8+,9+/m0/s1. The molecule has 9 nitrogen and oxygen atoms in total. The van der Waals surface area contributed by atoms with Crippen LogP contribution in [-0.4, -0.2) is 43.6 Å². The summed E-state index contributed by atoms with van der Waals surface area (Å²) in [6.45, 7) is -0.359. The smallest absolute Gasteiger partial charge is 0.330 e. The van der Waals surface area contributed by atoms with E-state index >= 15 is 0 Å². The molecule has 3 rings (SSSR count). The van der Waals surface area contributed by atoms with Gasteiger partial charge in [0.15, 0.2) is 0 Å². The Kier molecular flexibility index (Phi) is 3.45. The van der Waals surface area contributed by atoms with Crippen LogP contribution in [0.25, 0.3) is 11.5 Å². The third-order valence-electron chi connectivity index (χ3n) is 3.32. The van der Waals surface area contributed by atoms with Crippen molar-refractivity contribution in [2.75, 3.05) is 6.61 Å². The van der Waals surface area contributed by atoms with Crippen molar-refractivity contribution >= 4 is 0 Å². The summed E-state index contributed by atoms with van der Waals surface area (Å²) in [6, 6.07) is 0. The molecule has 112 valence electrons. The Bertz CT molecular complexity index is 734. The number of H-pyrrole nitrogens is 1. The number of hydrogen-bond acceptors (Lipinski definition) is 7. The van der Waals surface area contributed by atoms with E-state index in [4.69, 9.17) is 14.3 Å². The molecule has 21 heavy (non-hydrogen) atoms. The van der Waals surface area contributed by atoms with Crippen LogP contribution in [0.3, 0.4) is 0 Å². The maximum atomic E-state index is 11.9. The number of aliphatic hydroxyl groups excluding tert-OH is 2. The third kappa shape index (κ3) is 2.42. The summed E-state index contributed by atoms with van der Waals surface area (Å²) >= 11 is 0. The van der Waals surface area contributed by atoms with Crippen molar-refractivity contribution in [2.45, 2.75) is 24.9 Å². The molecule has 3 N–H and O–H groups in total. The van der Waals surface area contributed by atoms with Gasteiger partial charge in [-0.2, -0.15) is 0 Å². The Balaban J connectivity index is 2.02. The van der Waals surface area contributed by atoms with Crippen molar-refractivity contribution in [1.82, 2.24) is 14.5 Å². The number of aromatic nitrogens is 3. The Labute approximate surface area is 117 Å². The first-order chi connectivity index (χ1) is 10.1. The number of aliphatic hydroxyl groups is 2. The van der Waals surface area contributed by atoms with E-state index in [1.165, 1.54) is 18.7 Å². The van der Waals surface area contributed by atoms with Crippen LogP contribution in [0.4, 0.5) is 0 Å². The lowest BCUT2D eigenvalue weighted by atomic mass is 10.2. The molecule has 1 aliphatic rings. The molecule has 1 fully saturated rings. The van der Waals surface area contributed by atoms with E-state index in [0.29, 0.717) is 0 Å². The van der Waals surface area contributed by atoms with Crippen molar-refractivity contribution in [3.63, 3.8) is 0 Å². The minimum absolute atomic E-state index is 0.0715. The zero-order valence-corrected chi connectivity index (χ0v) is 10.8. The maximum absolute atomic E-state index is 11.9. The van der Waals surface area contributed by atoms with Crippen LogP contribution in [0.1, 0.15) is 12.6 Å². The van der Waals surface area contributed by atoms with Gasteiger partial charge in [0.2, 0.25) is 5.89 Å². The summed E-state index contributed by atoms with van der Waals surface area (Å²) in [4.78, 5) is 29.7. The van der Waals surface area contributed by atoms with Crippen molar-refractivity contribution in [3.05, 3.63) is 39.5 Å². The number of ether oxygens (including phenoxy) is 1. The highest BCUT2D eigenvalue weighted by Crippen LogP contribution is 2.27. The molecule has 1 aliphatic heterocycles. The monoisotopic (exact) mass is 295 g/mol. The first kappa shape index (κ1) is 13.7. The summed E-state index contributed by atoms with van der Waals surface area (Å²) in [6.07, 6.45) is 1.65. The summed E-state index contributed by atoms with van der Waals surface area (Å²) in [5.74, 6) is 0.0715. The van der Waals surface area contributed by atoms with Crippen molar-refractivity contribution in [1.29, 1.82) is 0 Å². The number of nitrogens with zero attached hydrogens (tertiary/aromatic N) is 2. The molecule has 0 unspecified atom stereocenters. The lowest BCUT2D eigenvalue weighted by molar-refractivity contribution is -0.0458. The van der Waals surface area contributed by atoms with E-state index in [9.17, 15) is 14.7 Å². The zero-order chi connectivity index (χ0) is 15.0. The lowest BCUT2D eigenvalue weighted by Gasteiger charge is -2.14. The fourth-order valence-electron chi connectivity index (χ4n) is 2.26. The summed E-state index contributed by atoms with van der Waals surface area (Å²) in [5.41, 5.74) is -1.23. The highest BCUT2D eigenvalue weighted by atomic mass is 16.5. The molecule has 0 amide bonds. The van der Waals surface area contributed by atoms with Gasteiger partial charge < -0.3 is 19.4 Å². The Morgan fingerprint density at radius 3 is 2.90 bits per heavy atom. The van der Waals surface area contributed by atoms with Gasteiger partial charge in [0.05, 0.1) is 18.9 Å². The van der Waals surface area contributed by atoms with Crippen molar-refractivity contribution in [3.8, 4) is 11.5 Å². The third-order valence-corrected chi connectivity index (χ3v) is 3.32. The first-order valence-corrected chi connectivity index (χ1v) is 6.30. The van der Waals surface area contributed by atoms with E-state index < -0.39 is 29.7 Å². The molecule has 0 bridgehead atoms. The number of aromatic amines is 1. The topological polar surface area (TPSA) is 131 Å². The number of oxazole rings is 1. The second kappa shape index (κ2) is 5.28. The Hall–Kier alpha value is -2.23. The molecule has 3 heterocycles. The molecular formula is C12H13N3O6. The molecule has 0 radical (unpaired) electrons. The Morgan fingerprint density at radius 1 is 1.48 bits per heavy atom. The lowest BCUT2D eigenvalue weighted by Crippen LogP contribution is -2.33. The molecule has 0 saturated carbocycles. The minimum atomic E-state index is -0.885. The molecular weight excluding hydrogens is 282 g/mol. The summed E-state index contributed by atoms with van der Waals surface area (Å²) in [7, 11) is 0. The molecule has 1 saturated heterocycles. The fraction of sp³-hybridized carbons (Fsp3) is 0.417. The van der Waals surface area contributed by atoms with Gasteiger partial charge in [-0.15, -0.1) is 0 Å². The zero-order valence-electron chi connectivity index (χ0n) is 10.8. The molecule has 0 spiro atoms. The number of hydrogen-bond donors (Lipinski definition) is 3. The van der Waals surface area contributed by atoms with Crippen LogP contribution < -0.4 is 11.2 Å². The van der Waals surface area contributed by atoms with Gasteiger partial charge in [-0.05, 0) is 0 Å². The highest BCUT2D eigenvalue weighted by molar-refractivity contribution is 5.49. The van der Waals surface area contributed by atoms with Crippen LogP contribution >= 0.6 is 0 Å². The Morgan fingerprint density at radius 2 is 2.29 bits per heavy atom. The van der Waals surface area contributed by atoms with Gasteiger partial charge in [0.25, 0.3) is 5.56 Å². The fourth-order valence-corrected chi connectivity index (χ4v) is 2.26. The SMILES string of the molecule is O=c1[nH]c(=O)n([C@H]2C[C@H](O)[C@@H](CO)O2)cc1-c1ncco1. The van der Waals surface area contributed by atoms with Crippen LogP contribution in [0.2, 0.25) is 0 Å². The van der Waals surface area contributed by atoms with E-state index in [-0.39, 0.29) is 24.5 Å². The molecule has 2 aromatic heterocycles. The van der Waals surface area contributed by atoms with Crippen molar-refractivity contribution in [2.24, 2.45) is 0 Å². The van der Waals surface area contributed by atoms with Gasteiger partial charge in [-0.25, -0.2) is 9.78 Å². The van der Waals surface area contributed by atoms with Gasteiger partial charge >= 0.3 is 5.69 Å². The van der Waals surface area contributed by atoms with E-state index in [1.807, 2.05) is 0 Å². The van der Waals surface area contributed by atoms with Gasteiger partial charge in [-0.1, -0.05) is 0 Å². The van der Waals surface area contributed by atoms with E-state index in [2.05, 4.69) is 9.97 Å². The molecule has 2 aromatic rings. The van der Waals surface area contributed by atoms with Gasteiger partial charge in [-0.3, -0.25) is 14.3 Å². The first-order valence-electron chi connectivity index (χ1n) is 6.30. The highest BCUT2D eigenvalue weighted by Gasteiger charge is 2.35. The quantitative estimate of drug-likeness (QED) is 0.650. The van der Waals surface area contributed by atoms with E-state index in [0.717, 1.165) is 4.57 Å². The van der Waals surface area contributed by atoms with E-state index in [1.54, 1.807) is 0 Å². The van der Waals surface area contributed by atoms with Crippen LogP contribution in [-0.2, 0) is 4.74 Å². The second-order valence-corrected chi connectivity index (χ2v) is 4.66. The molecule has 0 aliphatic carbocycles. The maximum Gasteiger partial charge on any atom is 0.330 e. The second-order valence-electron chi connectivity index (χ2n) is 4.66. The number of rotatable bonds is 3. The van der Waals surface area contributed by atoms with Crippen LogP contribution in [0, 0.1) is 0 Å².